The molecule has 2 aliphatic heterocycles. The molecule has 1 saturated heterocycles. The highest BCUT2D eigenvalue weighted by Gasteiger charge is 2.25. The molecule has 1 aromatic carbocycles. The van der Waals surface area contributed by atoms with Crippen LogP contribution in [0.4, 0.5) is 10.1 Å². The summed E-state index contributed by atoms with van der Waals surface area (Å²) in [6, 6.07) is 6.34. The first kappa shape index (κ1) is 23.9. The van der Waals surface area contributed by atoms with Crippen molar-refractivity contribution in [2.75, 3.05) is 32.2 Å². The lowest BCUT2D eigenvalue weighted by Gasteiger charge is -2.26. The van der Waals surface area contributed by atoms with Gasteiger partial charge in [-0.2, -0.15) is 0 Å². The number of nitrogens with zero attached hydrogens (tertiary/aromatic N) is 1. The maximum atomic E-state index is 14.1. The molecule has 10 heteroatoms. The molecule has 2 aliphatic rings. The molecule has 8 nitrogen and oxygen atoms in total. The molecular formula is C24H27FN4O4S. The van der Waals surface area contributed by atoms with Crippen LogP contribution in [-0.2, 0) is 16.1 Å². The number of amides is 1. The summed E-state index contributed by atoms with van der Waals surface area (Å²) in [6.07, 6.45) is 6.13. The van der Waals surface area contributed by atoms with Crippen LogP contribution in [0.15, 0.2) is 47.9 Å². The minimum absolute atomic E-state index is 0.0297. The van der Waals surface area contributed by atoms with E-state index in [1.807, 2.05) is 6.07 Å². The fourth-order valence-electron chi connectivity index (χ4n) is 3.77. The van der Waals surface area contributed by atoms with Gasteiger partial charge in [0.1, 0.15) is 10.7 Å². The average Bonchev–Trinajstić information content (AvgIpc) is 2.80. The van der Waals surface area contributed by atoms with Crippen molar-refractivity contribution in [3.63, 3.8) is 0 Å². The molecule has 0 spiro atoms. The molecule has 0 aliphatic carbocycles. The van der Waals surface area contributed by atoms with Crippen LogP contribution in [0.3, 0.4) is 0 Å². The second kappa shape index (κ2) is 11.3. The lowest BCUT2D eigenvalue weighted by atomic mass is 10.1. The maximum Gasteiger partial charge on any atom is 0.256 e. The Balaban J connectivity index is 1.47. The van der Waals surface area contributed by atoms with Crippen LogP contribution in [0.1, 0.15) is 24.8 Å². The van der Waals surface area contributed by atoms with E-state index in [-0.39, 0.29) is 22.7 Å². The first-order valence-electron chi connectivity index (χ1n) is 11.1. The number of nitrogens with one attached hydrogen (secondary N) is 3. The van der Waals surface area contributed by atoms with Gasteiger partial charge < -0.3 is 30.2 Å². The molecule has 1 unspecified atom stereocenters. The first-order chi connectivity index (χ1) is 16.6. The molecule has 1 amide bonds. The van der Waals surface area contributed by atoms with E-state index in [9.17, 15) is 9.18 Å². The number of aromatic nitrogens is 1. The summed E-state index contributed by atoms with van der Waals surface area (Å²) < 4.78 is 30.6. The third-order valence-corrected chi connectivity index (χ3v) is 6.00. The van der Waals surface area contributed by atoms with Gasteiger partial charge in [-0.05, 0) is 24.6 Å². The summed E-state index contributed by atoms with van der Waals surface area (Å²) in [5.41, 5.74) is 2.26. The van der Waals surface area contributed by atoms with Crippen LogP contribution >= 0.6 is 12.2 Å². The average molecular weight is 487 g/mol. The maximum absolute atomic E-state index is 14.1. The van der Waals surface area contributed by atoms with Gasteiger partial charge in [0.05, 0.1) is 37.3 Å². The van der Waals surface area contributed by atoms with Crippen LogP contribution < -0.4 is 25.4 Å². The number of halogens is 1. The van der Waals surface area contributed by atoms with E-state index >= 15 is 0 Å². The zero-order valence-electron chi connectivity index (χ0n) is 18.9. The van der Waals surface area contributed by atoms with E-state index in [1.165, 1.54) is 13.2 Å². The summed E-state index contributed by atoms with van der Waals surface area (Å²) >= 11 is 5.52. The van der Waals surface area contributed by atoms with Gasteiger partial charge in [0.15, 0.2) is 11.6 Å². The number of para-hydroxylation sites is 1. The zero-order valence-corrected chi connectivity index (χ0v) is 19.7. The summed E-state index contributed by atoms with van der Waals surface area (Å²) in [4.78, 5) is 17.0. The summed E-state index contributed by atoms with van der Waals surface area (Å²) in [7, 11) is 1.37. The van der Waals surface area contributed by atoms with E-state index < -0.39 is 5.82 Å². The molecule has 3 N–H and O–H groups in total. The Labute approximate surface area is 202 Å². The molecule has 34 heavy (non-hydrogen) atoms. The summed E-state index contributed by atoms with van der Waals surface area (Å²) in [5.74, 6) is -0.109. The highest BCUT2D eigenvalue weighted by atomic mass is 32.1. The number of methoxy groups -OCH3 is 1. The van der Waals surface area contributed by atoms with E-state index in [1.54, 1.807) is 24.5 Å². The highest BCUT2D eigenvalue weighted by molar-refractivity contribution is 7.81. The Bertz CT molecular complexity index is 1090. The van der Waals surface area contributed by atoms with Crippen LogP contribution in [0.25, 0.3) is 0 Å². The number of pyridine rings is 1. The third-order valence-electron chi connectivity index (χ3n) is 5.69. The number of hydrogen-bond acceptors (Lipinski definition) is 7. The predicted octanol–water partition coefficient (Wildman–Crippen LogP) is 3.09. The molecule has 2 aromatic rings. The molecule has 1 fully saturated rings. The molecule has 4 rings (SSSR count). The third kappa shape index (κ3) is 5.63. The molecule has 1 atom stereocenters. The number of carbonyl (C=O) groups excluding carboxylic acids is 1. The molecular weight excluding hydrogens is 459 g/mol. The van der Waals surface area contributed by atoms with Gasteiger partial charge in [-0.1, -0.05) is 18.3 Å². The van der Waals surface area contributed by atoms with Crippen LogP contribution in [0, 0.1) is 5.82 Å². The Morgan fingerprint density at radius 1 is 1.38 bits per heavy atom. The Kier molecular flexibility index (Phi) is 7.91. The lowest BCUT2D eigenvalue weighted by molar-refractivity contribution is -0.117. The van der Waals surface area contributed by atoms with Crippen LogP contribution in [0.2, 0.25) is 0 Å². The van der Waals surface area contributed by atoms with Crippen molar-refractivity contribution in [2.24, 2.45) is 0 Å². The number of carbonyl (C=O) groups is 1. The van der Waals surface area contributed by atoms with E-state index in [0.717, 1.165) is 25.0 Å². The smallest absolute Gasteiger partial charge is 0.256 e. The SMILES string of the molecule is COc1c(F)cccc1NC(=S)C1=C(NCc2ccncc2OCCC2CCO2)CCNC1=O. The van der Waals surface area contributed by atoms with Crippen molar-refractivity contribution < 1.29 is 23.4 Å². The largest absolute Gasteiger partial charge is 0.492 e. The quantitative estimate of drug-likeness (QED) is 0.441. The zero-order chi connectivity index (χ0) is 23.9. The van der Waals surface area contributed by atoms with Crippen molar-refractivity contribution in [2.45, 2.75) is 31.9 Å². The first-order valence-corrected chi connectivity index (χ1v) is 11.5. The molecule has 0 bridgehead atoms. The number of ether oxygens (including phenoxy) is 3. The summed E-state index contributed by atoms with van der Waals surface area (Å²) in [6.45, 7) is 2.27. The minimum atomic E-state index is -0.523. The minimum Gasteiger partial charge on any atom is -0.492 e. The molecule has 1 aromatic heterocycles. The standard InChI is InChI=1S/C24H27FN4O4S/c1-31-22-17(25)3-2-4-19(22)29-24(34)21-18(6-10-27-23(21)30)28-13-15-5-9-26-14-20(15)33-12-8-16-7-11-32-16/h2-5,9,14,16,28H,6-8,10-13H2,1H3,(H,27,30)(H,29,34). The van der Waals surface area contributed by atoms with Crippen molar-refractivity contribution in [3.8, 4) is 11.5 Å². The predicted molar refractivity (Wildman–Crippen MR) is 129 cm³/mol. The Morgan fingerprint density at radius 3 is 3.00 bits per heavy atom. The second-order valence-electron chi connectivity index (χ2n) is 7.89. The number of rotatable bonds is 10. The number of benzene rings is 1. The Hall–Kier alpha value is -3.24. The normalized spacial score (nSPS) is 17.5. The lowest BCUT2D eigenvalue weighted by Crippen LogP contribution is -2.39. The molecule has 0 radical (unpaired) electrons. The van der Waals surface area contributed by atoms with Crippen LogP contribution in [-0.4, -0.2) is 48.9 Å². The van der Waals surface area contributed by atoms with Crippen molar-refractivity contribution >= 4 is 28.8 Å². The fraction of sp³-hybridized carbons (Fsp3) is 0.375. The number of hydrogen-bond donors (Lipinski definition) is 3. The van der Waals surface area contributed by atoms with Crippen molar-refractivity contribution in [3.05, 3.63) is 59.3 Å². The topological polar surface area (TPSA) is 93.7 Å². The number of anilines is 1. The number of thiocarbonyl (C=S) groups is 1. The highest BCUT2D eigenvalue weighted by Crippen LogP contribution is 2.28. The fourth-order valence-corrected chi connectivity index (χ4v) is 4.09. The van der Waals surface area contributed by atoms with E-state index in [2.05, 4.69) is 20.9 Å². The summed E-state index contributed by atoms with van der Waals surface area (Å²) in [5, 5.41) is 9.10. The van der Waals surface area contributed by atoms with Crippen molar-refractivity contribution in [1.29, 1.82) is 0 Å². The van der Waals surface area contributed by atoms with E-state index in [4.69, 9.17) is 26.4 Å². The second-order valence-corrected chi connectivity index (χ2v) is 8.30. The van der Waals surface area contributed by atoms with Gasteiger partial charge >= 0.3 is 0 Å². The van der Waals surface area contributed by atoms with E-state index in [0.29, 0.717) is 48.8 Å². The van der Waals surface area contributed by atoms with Crippen molar-refractivity contribution in [1.82, 2.24) is 15.6 Å². The van der Waals surface area contributed by atoms with Gasteiger partial charge in [-0.25, -0.2) is 4.39 Å². The van der Waals surface area contributed by atoms with Gasteiger partial charge in [0.25, 0.3) is 5.91 Å². The van der Waals surface area contributed by atoms with Gasteiger partial charge in [0, 0.05) is 50.0 Å². The molecule has 0 saturated carbocycles. The monoisotopic (exact) mass is 486 g/mol. The van der Waals surface area contributed by atoms with Gasteiger partial charge in [-0.15, -0.1) is 0 Å². The van der Waals surface area contributed by atoms with Gasteiger partial charge in [-0.3, -0.25) is 9.78 Å². The van der Waals surface area contributed by atoms with Crippen LogP contribution in [0.5, 0.6) is 11.5 Å². The molecule has 3 heterocycles. The Morgan fingerprint density at radius 2 is 2.24 bits per heavy atom. The van der Waals surface area contributed by atoms with Gasteiger partial charge in [0.2, 0.25) is 0 Å². The molecule has 180 valence electrons.